The van der Waals surface area contributed by atoms with Crippen molar-refractivity contribution in [3.63, 3.8) is 0 Å². The second kappa shape index (κ2) is 7.84. The van der Waals surface area contributed by atoms with Crippen LogP contribution in [-0.2, 0) is 22.6 Å². The number of nitrogens with two attached hydrogens (primary N) is 1. The normalized spacial score (nSPS) is 26.2. The van der Waals surface area contributed by atoms with Crippen LogP contribution in [0.1, 0.15) is 44.7 Å². The Kier molecular flexibility index (Phi) is 5.53. The Balaban J connectivity index is 1.53. The molecular weight excluding hydrogens is 336 g/mol. The molecule has 2 fully saturated rings. The number of amides is 4. The van der Waals surface area contributed by atoms with E-state index in [1.54, 1.807) is 6.20 Å². The Morgan fingerprint density at radius 1 is 1.38 bits per heavy atom. The van der Waals surface area contributed by atoms with E-state index in [4.69, 9.17) is 5.73 Å². The zero-order valence-electron chi connectivity index (χ0n) is 15.1. The molecule has 1 aliphatic heterocycles. The molecule has 0 spiro atoms. The van der Waals surface area contributed by atoms with Crippen LogP contribution in [0.5, 0.6) is 0 Å². The first-order valence-electron chi connectivity index (χ1n) is 9.21. The molecule has 1 aromatic heterocycles. The number of rotatable bonds is 7. The van der Waals surface area contributed by atoms with Crippen molar-refractivity contribution in [2.24, 2.45) is 17.6 Å². The first-order chi connectivity index (χ1) is 12.4. The highest BCUT2D eigenvalue weighted by atomic mass is 16.2. The third-order valence-electron chi connectivity index (χ3n) is 5.23. The largest absolute Gasteiger partial charge is 0.368 e. The third kappa shape index (κ3) is 4.39. The van der Waals surface area contributed by atoms with Crippen LogP contribution < -0.4 is 11.1 Å². The molecule has 9 nitrogen and oxygen atoms in total. The number of carbonyl (C=O) groups is 3. The molecule has 142 valence electrons. The van der Waals surface area contributed by atoms with Crippen LogP contribution in [0.15, 0.2) is 6.20 Å². The maximum absolute atomic E-state index is 12.6. The van der Waals surface area contributed by atoms with Gasteiger partial charge in [-0.05, 0) is 24.7 Å². The molecule has 1 saturated carbocycles. The number of urea groups is 1. The Morgan fingerprint density at radius 3 is 2.92 bits per heavy atom. The summed E-state index contributed by atoms with van der Waals surface area (Å²) in [5, 5.41) is 10.4. The van der Waals surface area contributed by atoms with Gasteiger partial charge >= 0.3 is 6.03 Å². The topological polar surface area (TPSA) is 123 Å². The first kappa shape index (κ1) is 18.3. The lowest BCUT2D eigenvalue weighted by Gasteiger charge is -2.27. The second-order valence-electron chi connectivity index (χ2n) is 7.50. The zero-order valence-corrected chi connectivity index (χ0v) is 15.1. The quantitative estimate of drug-likeness (QED) is 0.681. The Morgan fingerprint density at radius 2 is 2.19 bits per heavy atom. The summed E-state index contributed by atoms with van der Waals surface area (Å²) >= 11 is 0. The number of aromatic nitrogens is 3. The van der Waals surface area contributed by atoms with Gasteiger partial charge in [0, 0.05) is 19.2 Å². The van der Waals surface area contributed by atoms with Crippen LogP contribution in [-0.4, -0.2) is 50.3 Å². The average Bonchev–Trinajstić information content (AvgIpc) is 3.10. The maximum Gasteiger partial charge on any atom is 0.324 e. The molecule has 2 aliphatic rings. The van der Waals surface area contributed by atoms with Gasteiger partial charge in [-0.1, -0.05) is 31.4 Å². The van der Waals surface area contributed by atoms with Gasteiger partial charge in [0.2, 0.25) is 5.91 Å². The van der Waals surface area contributed by atoms with Crippen molar-refractivity contribution in [2.75, 3.05) is 6.54 Å². The molecule has 1 aromatic rings. The van der Waals surface area contributed by atoms with Crippen molar-refractivity contribution in [3.05, 3.63) is 11.9 Å². The molecule has 3 atom stereocenters. The highest BCUT2D eigenvalue weighted by molar-refractivity contribution is 6.04. The molecule has 1 aliphatic carbocycles. The summed E-state index contributed by atoms with van der Waals surface area (Å²) in [5.41, 5.74) is 5.65. The van der Waals surface area contributed by atoms with Gasteiger partial charge in [0.05, 0.1) is 5.69 Å². The summed E-state index contributed by atoms with van der Waals surface area (Å²) in [6.07, 6.45) is 7.55. The highest BCUT2D eigenvalue weighted by Gasteiger charge is 2.38. The molecule has 26 heavy (non-hydrogen) atoms. The molecule has 3 unspecified atom stereocenters. The third-order valence-corrected chi connectivity index (χ3v) is 5.23. The van der Waals surface area contributed by atoms with E-state index in [-0.39, 0.29) is 24.9 Å². The minimum absolute atomic E-state index is 0.0656. The SMILES string of the molecule is CC1CCCC(CCN2C(=O)NC(Cc3cn(CC(N)=O)nn3)C2=O)C1. The van der Waals surface area contributed by atoms with E-state index < -0.39 is 11.9 Å². The number of imide groups is 1. The van der Waals surface area contributed by atoms with E-state index in [9.17, 15) is 14.4 Å². The van der Waals surface area contributed by atoms with Gasteiger partial charge in [0.15, 0.2) is 0 Å². The van der Waals surface area contributed by atoms with E-state index in [1.165, 1.54) is 35.3 Å². The van der Waals surface area contributed by atoms with Crippen LogP contribution in [0, 0.1) is 11.8 Å². The number of carbonyl (C=O) groups excluding carboxylic acids is 3. The van der Waals surface area contributed by atoms with Gasteiger partial charge in [-0.25, -0.2) is 9.48 Å². The summed E-state index contributed by atoms with van der Waals surface area (Å²) in [5.74, 6) is 0.581. The van der Waals surface area contributed by atoms with E-state index in [1.807, 2.05) is 0 Å². The average molecular weight is 362 g/mol. The second-order valence-corrected chi connectivity index (χ2v) is 7.50. The van der Waals surface area contributed by atoms with Crippen molar-refractivity contribution >= 4 is 17.8 Å². The van der Waals surface area contributed by atoms with Crippen LogP contribution in [0.25, 0.3) is 0 Å². The molecule has 9 heteroatoms. The smallest absolute Gasteiger partial charge is 0.324 e. The van der Waals surface area contributed by atoms with Gasteiger partial charge in [-0.15, -0.1) is 5.10 Å². The minimum Gasteiger partial charge on any atom is -0.368 e. The van der Waals surface area contributed by atoms with E-state index in [0.29, 0.717) is 18.2 Å². The molecule has 4 amide bonds. The fourth-order valence-corrected chi connectivity index (χ4v) is 3.94. The van der Waals surface area contributed by atoms with Crippen molar-refractivity contribution in [3.8, 4) is 0 Å². The summed E-state index contributed by atoms with van der Waals surface area (Å²) in [4.78, 5) is 36.9. The predicted octanol–water partition coefficient (Wildman–Crippen LogP) is 0.443. The van der Waals surface area contributed by atoms with Crippen LogP contribution in [0.3, 0.4) is 0 Å². The summed E-state index contributed by atoms with van der Waals surface area (Å²) in [6.45, 7) is 2.66. The monoisotopic (exact) mass is 362 g/mol. The predicted molar refractivity (Wildman–Crippen MR) is 92.7 cm³/mol. The molecule has 3 rings (SSSR count). The molecule has 2 heterocycles. The molecule has 3 N–H and O–H groups in total. The number of hydrogen-bond donors (Lipinski definition) is 2. The van der Waals surface area contributed by atoms with E-state index >= 15 is 0 Å². The summed E-state index contributed by atoms with van der Waals surface area (Å²) in [6, 6.07) is -0.972. The Labute approximate surface area is 152 Å². The lowest BCUT2D eigenvalue weighted by Crippen LogP contribution is -2.34. The maximum atomic E-state index is 12.6. The van der Waals surface area contributed by atoms with Gasteiger partial charge in [-0.3, -0.25) is 14.5 Å². The molecule has 0 aromatic carbocycles. The van der Waals surface area contributed by atoms with Gasteiger partial charge in [0.25, 0.3) is 5.91 Å². The molecule has 1 saturated heterocycles. The van der Waals surface area contributed by atoms with Crippen LogP contribution in [0.4, 0.5) is 4.79 Å². The zero-order chi connectivity index (χ0) is 18.7. The van der Waals surface area contributed by atoms with Crippen molar-refractivity contribution < 1.29 is 14.4 Å². The molecular formula is C17H26N6O3. The Hall–Kier alpha value is -2.45. The number of hydrogen-bond acceptors (Lipinski definition) is 5. The fourth-order valence-electron chi connectivity index (χ4n) is 3.94. The lowest BCUT2D eigenvalue weighted by molar-refractivity contribution is -0.127. The Bertz CT molecular complexity index is 688. The van der Waals surface area contributed by atoms with E-state index in [2.05, 4.69) is 22.6 Å². The van der Waals surface area contributed by atoms with Crippen LogP contribution in [0.2, 0.25) is 0 Å². The molecule has 0 radical (unpaired) electrons. The molecule has 0 bridgehead atoms. The van der Waals surface area contributed by atoms with E-state index in [0.717, 1.165) is 12.3 Å². The highest BCUT2D eigenvalue weighted by Crippen LogP contribution is 2.31. The fraction of sp³-hybridized carbons (Fsp3) is 0.706. The minimum atomic E-state index is -0.633. The number of nitrogens with zero attached hydrogens (tertiary/aromatic N) is 4. The van der Waals surface area contributed by atoms with Gasteiger partial charge < -0.3 is 11.1 Å². The van der Waals surface area contributed by atoms with Crippen LogP contribution >= 0.6 is 0 Å². The first-order valence-corrected chi connectivity index (χ1v) is 9.21. The number of nitrogens with one attached hydrogen (secondary N) is 1. The standard InChI is InChI=1S/C17H26N6O3/c1-11-3-2-4-12(7-11)5-6-23-16(25)14(19-17(23)26)8-13-9-22(21-20-13)10-15(18)24/h9,11-12,14H,2-8,10H2,1H3,(H2,18,24)(H,19,26). The number of primary amides is 1. The lowest BCUT2D eigenvalue weighted by atomic mass is 9.81. The van der Waals surface area contributed by atoms with Crippen molar-refractivity contribution in [2.45, 2.75) is 58.0 Å². The summed E-state index contributed by atoms with van der Waals surface area (Å²) < 4.78 is 1.32. The van der Waals surface area contributed by atoms with Crippen molar-refractivity contribution in [1.29, 1.82) is 0 Å². The summed E-state index contributed by atoms with van der Waals surface area (Å²) in [7, 11) is 0. The van der Waals surface area contributed by atoms with Gasteiger partial charge in [0.1, 0.15) is 12.6 Å². The van der Waals surface area contributed by atoms with Gasteiger partial charge in [-0.2, -0.15) is 0 Å². The van der Waals surface area contributed by atoms with Crippen molar-refractivity contribution in [1.82, 2.24) is 25.2 Å².